The van der Waals surface area contributed by atoms with E-state index in [0.717, 1.165) is 5.56 Å². The van der Waals surface area contributed by atoms with E-state index >= 15 is 0 Å². The highest BCUT2D eigenvalue weighted by molar-refractivity contribution is 5.90. The van der Waals surface area contributed by atoms with Crippen LogP contribution in [0, 0.1) is 0 Å². The Bertz CT molecular complexity index is 1030. The third-order valence-corrected chi connectivity index (χ3v) is 5.48. The van der Waals surface area contributed by atoms with E-state index in [-0.39, 0.29) is 22.8 Å². The molecule has 2 aromatic rings. The van der Waals surface area contributed by atoms with Crippen LogP contribution in [0.5, 0.6) is 5.75 Å². The number of benzene rings is 2. The van der Waals surface area contributed by atoms with Crippen molar-refractivity contribution < 1.29 is 35.9 Å². The third kappa shape index (κ3) is 4.50. The summed E-state index contributed by atoms with van der Waals surface area (Å²) < 4.78 is 85.7. The molecule has 0 spiro atoms. The van der Waals surface area contributed by atoms with Gasteiger partial charge in [-0.05, 0) is 40.2 Å². The molecule has 1 atom stereocenters. The standard InChI is InChI=1S/C24H24F6O2/c1-21(2,3)13-10-16-18(20(31)32-19(16)17(11-13)22(4,5)6)12-7-14(23(25,26)27)9-15(8-12)24(28,29)30/h7-11,18H,1-6H3. The highest BCUT2D eigenvalue weighted by Crippen LogP contribution is 2.48. The molecule has 1 aliphatic rings. The number of hydrogen-bond acceptors (Lipinski definition) is 2. The lowest BCUT2D eigenvalue weighted by molar-refractivity contribution is -0.143. The van der Waals surface area contributed by atoms with Crippen molar-refractivity contribution in [3.8, 4) is 5.75 Å². The van der Waals surface area contributed by atoms with Gasteiger partial charge in [0, 0.05) is 11.1 Å². The lowest BCUT2D eigenvalue weighted by Crippen LogP contribution is -2.17. The summed E-state index contributed by atoms with van der Waals surface area (Å²) in [6.45, 7) is 11.5. The van der Waals surface area contributed by atoms with Crippen molar-refractivity contribution in [2.45, 2.75) is 70.6 Å². The van der Waals surface area contributed by atoms with Crippen molar-refractivity contribution in [2.75, 3.05) is 0 Å². The van der Waals surface area contributed by atoms with Crippen LogP contribution in [0.25, 0.3) is 0 Å². The van der Waals surface area contributed by atoms with Crippen LogP contribution < -0.4 is 4.74 Å². The minimum Gasteiger partial charge on any atom is -0.425 e. The number of hydrogen-bond donors (Lipinski definition) is 0. The van der Waals surface area contributed by atoms with Crippen LogP contribution >= 0.6 is 0 Å². The largest absolute Gasteiger partial charge is 0.425 e. The van der Waals surface area contributed by atoms with Gasteiger partial charge in [-0.15, -0.1) is 0 Å². The van der Waals surface area contributed by atoms with Gasteiger partial charge in [0.1, 0.15) is 11.7 Å². The summed E-state index contributed by atoms with van der Waals surface area (Å²) in [5, 5.41) is 0. The van der Waals surface area contributed by atoms with Gasteiger partial charge in [0.05, 0.1) is 11.1 Å². The monoisotopic (exact) mass is 458 g/mol. The molecule has 1 heterocycles. The zero-order valence-electron chi connectivity index (χ0n) is 18.5. The van der Waals surface area contributed by atoms with Crippen molar-refractivity contribution in [1.82, 2.24) is 0 Å². The summed E-state index contributed by atoms with van der Waals surface area (Å²) in [6.07, 6.45) is -10.0. The molecule has 0 saturated carbocycles. The first-order valence-electron chi connectivity index (χ1n) is 10.00. The number of esters is 1. The molecule has 2 nitrogen and oxygen atoms in total. The van der Waals surface area contributed by atoms with Gasteiger partial charge in [0.2, 0.25) is 0 Å². The van der Waals surface area contributed by atoms with Gasteiger partial charge >= 0.3 is 18.3 Å². The zero-order chi connectivity index (χ0) is 24.4. The minimum atomic E-state index is -5.01. The second kappa shape index (κ2) is 7.25. The van der Waals surface area contributed by atoms with E-state index in [1.807, 2.05) is 47.6 Å². The maximum Gasteiger partial charge on any atom is 0.416 e. The van der Waals surface area contributed by atoms with Crippen molar-refractivity contribution in [1.29, 1.82) is 0 Å². The molecule has 0 aliphatic carbocycles. The molecule has 3 rings (SSSR count). The van der Waals surface area contributed by atoms with Gasteiger partial charge in [0.25, 0.3) is 0 Å². The molecule has 1 unspecified atom stereocenters. The molecule has 0 amide bonds. The smallest absolute Gasteiger partial charge is 0.416 e. The zero-order valence-corrected chi connectivity index (χ0v) is 18.5. The topological polar surface area (TPSA) is 26.3 Å². The maximum atomic E-state index is 13.4. The average molecular weight is 458 g/mol. The van der Waals surface area contributed by atoms with Crippen LogP contribution in [0.15, 0.2) is 30.3 Å². The molecule has 0 bridgehead atoms. The van der Waals surface area contributed by atoms with Crippen LogP contribution in [0.2, 0.25) is 0 Å². The Morgan fingerprint density at radius 3 is 1.59 bits per heavy atom. The molecule has 174 valence electrons. The second-order valence-electron chi connectivity index (χ2n) is 10.1. The highest BCUT2D eigenvalue weighted by atomic mass is 19.4. The fourth-order valence-corrected chi connectivity index (χ4v) is 3.72. The first-order chi connectivity index (χ1) is 14.3. The van der Waals surface area contributed by atoms with E-state index in [0.29, 0.717) is 17.7 Å². The summed E-state index contributed by atoms with van der Waals surface area (Å²) in [5.74, 6) is -2.09. The third-order valence-electron chi connectivity index (χ3n) is 5.48. The van der Waals surface area contributed by atoms with Gasteiger partial charge in [-0.2, -0.15) is 26.3 Å². The van der Waals surface area contributed by atoms with E-state index in [1.54, 1.807) is 6.07 Å². The van der Waals surface area contributed by atoms with Gasteiger partial charge in [0.15, 0.2) is 0 Å². The number of carbonyl (C=O) groups excluding carboxylic acids is 1. The Morgan fingerprint density at radius 2 is 1.19 bits per heavy atom. The molecule has 0 fully saturated rings. The quantitative estimate of drug-likeness (QED) is 0.253. The maximum absolute atomic E-state index is 13.4. The van der Waals surface area contributed by atoms with E-state index in [1.165, 1.54) is 0 Å². The summed E-state index contributed by atoms with van der Waals surface area (Å²) in [5.41, 5.74) is -2.45. The van der Waals surface area contributed by atoms with E-state index in [4.69, 9.17) is 4.74 Å². The SMILES string of the molecule is CC(C)(C)c1cc2c(c(C(C)(C)C)c1)OC(=O)C2c1cc(C(F)(F)F)cc(C(F)(F)F)c1. The Balaban J connectivity index is 2.33. The first kappa shape index (κ1) is 24.1. The lowest BCUT2D eigenvalue weighted by atomic mass is 9.77. The number of fused-ring (bicyclic) bond motifs is 1. The predicted molar refractivity (Wildman–Crippen MR) is 108 cm³/mol. The summed E-state index contributed by atoms with van der Waals surface area (Å²) in [4.78, 5) is 12.8. The number of ether oxygens (including phenoxy) is 1. The number of rotatable bonds is 1. The molecule has 0 saturated heterocycles. The second-order valence-corrected chi connectivity index (χ2v) is 10.1. The number of halogens is 6. The highest BCUT2D eigenvalue weighted by Gasteiger charge is 2.43. The van der Waals surface area contributed by atoms with E-state index in [2.05, 4.69) is 0 Å². The predicted octanol–water partition coefficient (Wildman–Crippen LogP) is 7.37. The van der Waals surface area contributed by atoms with Crippen LogP contribution in [0.3, 0.4) is 0 Å². The Hall–Kier alpha value is -2.51. The molecule has 1 aliphatic heterocycles. The van der Waals surface area contributed by atoms with Crippen LogP contribution in [-0.4, -0.2) is 5.97 Å². The molecule has 0 radical (unpaired) electrons. The Kier molecular flexibility index (Phi) is 5.47. The average Bonchev–Trinajstić information content (AvgIpc) is 2.92. The van der Waals surface area contributed by atoms with Crippen molar-refractivity contribution in [2.24, 2.45) is 0 Å². The summed E-state index contributed by atoms with van der Waals surface area (Å²) >= 11 is 0. The van der Waals surface area contributed by atoms with Crippen LogP contribution in [-0.2, 0) is 28.0 Å². The molecular formula is C24H24F6O2. The summed E-state index contributed by atoms with van der Waals surface area (Å²) in [7, 11) is 0. The Labute approximate surface area is 182 Å². The lowest BCUT2D eigenvalue weighted by Gasteiger charge is -2.27. The van der Waals surface area contributed by atoms with E-state index in [9.17, 15) is 31.1 Å². The van der Waals surface area contributed by atoms with Crippen LogP contribution in [0.1, 0.15) is 80.8 Å². The molecule has 32 heavy (non-hydrogen) atoms. The molecule has 2 aromatic carbocycles. The molecule has 0 N–H and O–H groups in total. The summed E-state index contributed by atoms with van der Waals surface area (Å²) in [6, 6.07) is 4.76. The molecule has 8 heteroatoms. The number of carbonyl (C=O) groups is 1. The molecular weight excluding hydrogens is 434 g/mol. The van der Waals surface area contributed by atoms with Crippen molar-refractivity contribution >= 4 is 5.97 Å². The normalized spacial score (nSPS) is 17.4. The number of alkyl halides is 6. The van der Waals surface area contributed by atoms with Gasteiger partial charge in [-0.25, -0.2) is 0 Å². The van der Waals surface area contributed by atoms with E-state index < -0.39 is 46.3 Å². The van der Waals surface area contributed by atoms with Gasteiger partial charge in [-0.3, -0.25) is 4.79 Å². The van der Waals surface area contributed by atoms with Gasteiger partial charge in [-0.1, -0.05) is 53.7 Å². The fourth-order valence-electron chi connectivity index (χ4n) is 3.72. The fraction of sp³-hybridized carbons (Fsp3) is 0.458. The first-order valence-corrected chi connectivity index (χ1v) is 10.00. The Morgan fingerprint density at radius 1 is 0.688 bits per heavy atom. The van der Waals surface area contributed by atoms with Crippen LogP contribution in [0.4, 0.5) is 26.3 Å². The molecule has 0 aromatic heterocycles. The van der Waals surface area contributed by atoms with Crippen molar-refractivity contribution in [3.05, 3.63) is 63.7 Å². The van der Waals surface area contributed by atoms with Gasteiger partial charge < -0.3 is 4.74 Å². The minimum absolute atomic E-state index is 0.0524. The van der Waals surface area contributed by atoms with Crippen molar-refractivity contribution in [3.63, 3.8) is 0 Å².